The maximum atomic E-state index is 12.2. The Morgan fingerprint density at radius 1 is 1.43 bits per heavy atom. The van der Waals surface area contributed by atoms with Crippen molar-refractivity contribution in [2.75, 3.05) is 12.5 Å². The van der Waals surface area contributed by atoms with E-state index in [0.29, 0.717) is 0 Å². The predicted molar refractivity (Wildman–Crippen MR) is 74.8 cm³/mol. The van der Waals surface area contributed by atoms with E-state index in [9.17, 15) is 23.3 Å². The fourth-order valence-electron chi connectivity index (χ4n) is 1.61. The average molecular weight is 317 g/mol. The number of benzene rings is 1. The van der Waals surface area contributed by atoms with Gasteiger partial charge in [-0.15, -0.1) is 0 Å². The van der Waals surface area contributed by atoms with Gasteiger partial charge in [0, 0.05) is 7.05 Å². The highest BCUT2D eigenvalue weighted by molar-refractivity contribution is 7.89. The van der Waals surface area contributed by atoms with Crippen LogP contribution >= 0.6 is 0 Å². The summed E-state index contributed by atoms with van der Waals surface area (Å²) in [6.07, 6.45) is 0. The number of sulfonamides is 1. The quantitative estimate of drug-likeness (QED) is 0.307. The van der Waals surface area contributed by atoms with Crippen molar-refractivity contribution in [3.8, 4) is 0 Å². The number of hydrogen-bond donors (Lipinski definition) is 4. The van der Waals surface area contributed by atoms with E-state index < -0.39 is 37.5 Å². The fraction of sp³-hybridized carbons (Fsp3) is 0.300. The number of nitrogens with zero attached hydrogens (tertiary/aromatic N) is 1. The Balaban J connectivity index is 3.32. The van der Waals surface area contributed by atoms with Crippen LogP contribution < -0.4 is 21.3 Å². The molecule has 1 unspecified atom stereocenters. The van der Waals surface area contributed by atoms with Crippen LogP contribution in [-0.2, 0) is 14.8 Å². The first-order chi connectivity index (χ1) is 9.74. The van der Waals surface area contributed by atoms with Gasteiger partial charge in [0.1, 0.15) is 5.69 Å². The van der Waals surface area contributed by atoms with Crippen LogP contribution in [0.5, 0.6) is 0 Å². The van der Waals surface area contributed by atoms with Gasteiger partial charge in [-0.2, -0.15) is 4.72 Å². The van der Waals surface area contributed by atoms with Gasteiger partial charge in [0.2, 0.25) is 15.9 Å². The molecule has 0 aliphatic carbocycles. The Labute approximate surface area is 120 Å². The number of hydrazine groups is 1. The van der Waals surface area contributed by atoms with Crippen molar-refractivity contribution in [1.82, 2.24) is 10.0 Å². The number of likely N-dealkylation sites (N-methyl/N-ethyl adjacent to an activating group) is 1. The summed E-state index contributed by atoms with van der Waals surface area (Å²) in [4.78, 5) is 21.0. The van der Waals surface area contributed by atoms with Crippen molar-refractivity contribution in [2.45, 2.75) is 17.9 Å². The van der Waals surface area contributed by atoms with Crippen LogP contribution in [0, 0.1) is 10.1 Å². The van der Waals surface area contributed by atoms with Crippen LogP contribution in [0.15, 0.2) is 23.1 Å². The maximum absolute atomic E-state index is 12.2. The predicted octanol–water partition coefficient (Wildman–Crippen LogP) is -0.707. The molecule has 0 radical (unpaired) electrons. The fourth-order valence-corrected chi connectivity index (χ4v) is 3.01. The summed E-state index contributed by atoms with van der Waals surface area (Å²) in [5.41, 5.74) is 1.21. The molecule has 0 fully saturated rings. The monoisotopic (exact) mass is 317 g/mol. The summed E-state index contributed by atoms with van der Waals surface area (Å²) in [5, 5.41) is 13.3. The highest BCUT2D eigenvalue weighted by Crippen LogP contribution is 2.31. The highest BCUT2D eigenvalue weighted by atomic mass is 32.2. The van der Waals surface area contributed by atoms with Gasteiger partial charge in [0.05, 0.1) is 11.0 Å². The van der Waals surface area contributed by atoms with Crippen LogP contribution in [0.25, 0.3) is 0 Å². The molecule has 21 heavy (non-hydrogen) atoms. The summed E-state index contributed by atoms with van der Waals surface area (Å²) in [7, 11) is -2.93. The molecular formula is C10H15N5O5S. The number of carbonyl (C=O) groups excluding carboxylic acids is 1. The lowest BCUT2D eigenvalue weighted by Gasteiger charge is -2.13. The van der Waals surface area contributed by atoms with Crippen LogP contribution in [0.1, 0.15) is 6.92 Å². The minimum Gasteiger partial charge on any atom is -0.358 e. The summed E-state index contributed by atoms with van der Waals surface area (Å²) in [6.45, 7) is 1.31. The number of nitrogen functional groups attached to an aromatic ring is 1. The number of nitro groups is 1. The van der Waals surface area contributed by atoms with Crippen molar-refractivity contribution in [3.05, 3.63) is 28.3 Å². The minimum atomic E-state index is -4.27. The zero-order valence-corrected chi connectivity index (χ0v) is 12.1. The summed E-state index contributed by atoms with van der Waals surface area (Å²) < 4.78 is 26.4. The van der Waals surface area contributed by atoms with Crippen molar-refractivity contribution in [3.63, 3.8) is 0 Å². The van der Waals surface area contributed by atoms with E-state index in [1.54, 1.807) is 0 Å². The Bertz CT molecular complexity index is 660. The molecule has 1 aromatic rings. The van der Waals surface area contributed by atoms with Crippen molar-refractivity contribution < 1.29 is 18.1 Å². The van der Waals surface area contributed by atoms with Crippen molar-refractivity contribution in [2.24, 2.45) is 5.84 Å². The topological polar surface area (TPSA) is 156 Å². The SMILES string of the molecule is CNC(=O)C(C)NS(=O)(=O)c1cccc(NN)c1[N+](=O)[O-]. The molecule has 0 heterocycles. The first-order valence-electron chi connectivity index (χ1n) is 5.72. The van der Waals surface area contributed by atoms with Gasteiger partial charge in [-0.3, -0.25) is 20.8 Å². The molecule has 0 aliphatic heterocycles. The number of hydrogen-bond acceptors (Lipinski definition) is 7. The number of nitro benzene ring substituents is 1. The highest BCUT2D eigenvalue weighted by Gasteiger charge is 2.31. The van der Waals surface area contributed by atoms with Gasteiger partial charge >= 0.3 is 5.69 Å². The third kappa shape index (κ3) is 3.65. The Morgan fingerprint density at radius 2 is 2.05 bits per heavy atom. The molecule has 0 saturated heterocycles. The number of para-hydroxylation sites is 1. The first kappa shape index (κ1) is 16.8. The molecule has 1 aromatic carbocycles. The number of anilines is 1. The number of carbonyl (C=O) groups is 1. The number of nitrogens with two attached hydrogens (primary N) is 1. The Hall–Kier alpha value is -2.24. The molecule has 5 N–H and O–H groups in total. The normalized spacial score (nSPS) is 12.5. The molecule has 0 aromatic heterocycles. The van der Waals surface area contributed by atoms with Gasteiger partial charge in [-0.05, 0) is 19.1 Å². The van der Waals surface area contributed by atoms with Crippen molar-refractivity contribution >= 4 is 27.3 Å². The van der Waals surface area contributed by atoms with Gasteiger partial charge in [0.15, 0.2) is 4.90 Å². The van der Waals surface area contributed by atoms with Crippen LogP contribution in [0.3, 0.4) is 0 Å². The molecule has 116 valence electrons. The van der Waals surface area contributed by atoms with Gasteiger partial charge < -0.3 is 10.7 Å². The number of amides is 1. The minimum absolute atomic E-state index is 0.157. The Morgan fingerprint density at radius 3 is 2.52 bits per heavy atom. The summed E-state index contributed by atoms with van der Waals surface area (Å²) >= 11 is 0. The molecule has 11 heteroatoms. The molecule has 1 rings (SSSR count). The maximum Gasteiger partial charge on any atom is 0.313 e. The molecular weight excluding hydrogens is 302 g/mol. The van der Waals surface area contributed by atoms with E-state index in [2.05, 4.69) is 15.5 Å². The zero-order valence-electron chi connectivity index (χ0n) is 11.3. The van der Waals surface area contributed by atoms with Crippen molar-refractivity contribution in [1.29, 1.82) is 0 Å². The number of nitrogens with one attached hydrogen (secondary N) is 3. The largest absolute Gasteiger partial charge is 0.358 e. The molecule has 10 nitrogen and oxygen atoms in total. The molecule has 0 spiro atoms. The second-order valence-electron chi connectivity index (χ2n) is 4.01. The Kier molecular flexibility index (Phi) is 5.18. The van der Waals surface area contributed by atoms with E-state index >= 15 is 0 Å². The third-order valence-corrected chi connectivity index (χ3v) is 4.17. The third-order valence-electron chi connectivity index (χ3n) is 2.60. The van der Waals surface area contributed by atoms with Crippen LogP contribution in [0.2, 0.25) is 0 Å². The summed E-state index contributed by atoms with van der Waals surface area (Å²) in [5.74, 6) is 4.56. The van der Waals surface area contributed by atoms with Crippen LogP contribution in [0.4, 0.5) is 11.4 Å². The van der Waals surface area contributed by atoms with E-state index in [4.69, 9.17) is 5.84 Å². The van der Waals surface area contributed by atoms with E-state index in [1.807, 2.05) is 0 Å². The molecule has 1 amide bonds. The molecule has 1 atom stereocenters. The first-order valence-corrected chi connectivity index (χ1v) is 7.21. The standard InChI is InChI=1S/C10H15N5O5S/c1-6(10(16)12-2)14-21(19,20)8-5-3-4-7(13-11)9(8)15(17)18/h3-6,13-14H,11H2,1-2H3,(H,12,16). The molecule has 0 aliphatic rings. The van der Waals surface area contributed by atoms with E-state index in [-0.39, 0.29) is 5.69 Å². The molecule has 0 bridgehead atoms. The van der Waals surface area contributed by atoms with E-state index in [1.165, 1.54) is 26.1 Å². The second kappa shape index (κ2) is 6.47. The summed E-state index contributed by atoms with van der Waals surface area (Å²) in [6, 6.07) is 2.52. The van der Waals surface area contributed by atoms with Gasteiger partial charge in [0.25, 0.3) is 0 Å². The van der Waals surface area contributed by atoms with Crippen LogP contribution in [-0.4, -0.2) is 32.3 Å². The van der Waals surface area contributed by atoms with Gasteiger partial charge in [-0.1, -0.05) is 6.07 Å². The lowest BCUT2D eigenvalue weighted by atomic mass is 10.3. The molecule has 0 saturated carbocycles. The van der Waals surface area contributed by atoms with Gasteiger partial charge in [-0.25, -0.2) is 8.42 Å². The average Bonchev–Trinajstić information content (AvgIpc) is 2.44. The number of rotatable bonds is 6. The smallest absolute Gasteiger partial charge is 0.313 e. The zero-order chi connectivity index (χ0) is 16.2. The lowest BCUT2D eigenvalue weighted by Crippen LogP contribution is -2.43. The second-order valence-corrected chi connectivity index (χ2v) is 5.69. The van der Waals surface area contributed by atoms with E-state index in [0.717, 1.165) is 6.07 Å². The lowest BCUT2D eigenvalue weighted by molar-refractivity contribution is -0.386.